The van der Waals surface area contributed by atoms with Crippen molar-refractivity contribution in [1.29, 1.82) is 0 Å². The Bertz CT molecular complexity index is 548. The van der Waals surface area contributed by atoms with Crippen molar-refractivity contribution in [1.82, 2.24) is 4.72 Å². The average molecular weight is 272 g/mol. The van der Waals surface area contributed by atoms with Crippen LogP contribution in [0.3, 0.4) is 0 Å². The molecule has 1 aliphatic rings. The molecule has 0 amide bonds. The van der Waals surface area contributed by atoms with E-state index in [1.54, 1.807) is 0 Å². The summed E-state index contributed by atoms with van der Waals surface area (Å²) in [6, 6.07) is 3.55. The molecular weight excluding hydrogens is 255 g/mol. The third-order valence-corrected chi connectivity index (χ3v) is 5.20. The summed E-state index contributed by atoms with van der Waals surface area (Å²) < 4.78 is 40.3. The molecule has 0 aliphatic heterocycles. The van der Waals surface area contributed by atoms with E-state index < -0.39 is 15.8 Å². The van der Waals surface area contributed by atoms with Crippen molar-refractivity contribution in [2.75, 3.05) is 5.73 Å². The molecule has 4 nitrogen and oxygen atoms in total. The average Bonchev–Trinajstić information content (AvgIpc) is 2.27. The normalized spacial score (nSPS) is 18.3. The number of sulfonamides is 1. The van der Waals surface area contributed by atoms with E-state index >= 15 is 0 Å². The van der Waals surface area contributed by atoms with Gasteiger partial charge < -0.3 is 5.73 Å². The molecule has 0 unspecified atom stereocenters. The minimum atomic E-state index is -3.68. The number of rotatable bonds is 4. The Labute approximate surface area is 106 Å². The van der Waals surface area contributed by atoms with Crippen molar-refractivity contribution in [3.8, 4) is 0 Å². The number of benzene rings is 1. The molecule has 1 fully saturated rings. The lowest BCUT2D eigenvalue weighted by atomic mass is 9.76. The highest BCUT2D eigenvalue weighted by Gasteiger charge is 2.39. The Hall–Kier alpha value is -1.14. The van der Waals surface area contributed by atoms with Gasteiger partial charge in [0, 0.05) is 5.54 Å². The predicted molar refractivity (Wildman–Crippen MR) is 68.0 cm³/mol. The van der Waals surface area contributed by atoms with Crippen molar-refractivity contribution in [3.05, 3.63) is 24.0 Å². The zero-order valence-corrected chi connectivity index (χ0v) is 11.1. The standard InChI is InChI=1S/C12H17FN2O2S/c1-2-12(6-3-7-12)15-18(16,17)9-4-5-11(14)10(13)8-9/h4-5,8,15H,2-3,6-7,14H2,1H3. The number of hydrogen-bond donors (Lipinski definition) is 2. The van der Waals surface area contributed by atoms with E-state index in [-0.39, 0.29) is 16.1 Å². The van der Waals surface area contributed by atoms with E-state index in [1.807, 2.05) is 6.92 Å². The van der Waals surface area contributed by atoms with Crippen LogP contribution in [-0.4, -0.2) is 14.0 Å². The molecule has 0 bridgehead atoms. The summed E-state index contributed by atoms with van der Waals surface area (Å²) in [7, 11) is -3.68. The SMILES string of the molecule is CCC1(NS(=O)(=O)c2ccc(N)c(F)c2)CCC1. The van der Waals surface area contributed by atoms with Gasteiger partial charge in [-0.3, -0.25) is 0 Å². The quantitative estimate of drug-likeness (QED) is 0.824. The molecule has 100 valence electrons. The number of nitrogens with one attached hydrogen (secondary N) is 1. The van der Waals surface area contributed by atoms with Gasteiger partial charge in [0.05, 0.1) is 10.6 Å². The lowest BCUT2D eigenvalue weighted by Crippen LogP contribution is -2.52. The summed E-state index contributed by atoms with van der Waals surface area (Å²) >= 11 is 0. The Kier molecular flexibility index (Phi) is 3.33. The highest BCUT2D eigenvalue weighted by Crippen LogP contribution is 2.36. The van der Waals surface area contributed by atoms with E-state index in [4.69, 9.17) is 5.73 Å². The molecule has 6 heteroatoms. The van der Waals surface area contributed by atoms with Crippen molar-refractivity contribution >= 4 is 15.7 Å². The van der Waals surface area contributed by atoms with E-state index in [0.29, 0.717) is 0 Å². The molecule has 0 aromatic heterocycles. The maximum absolute atomic E-state index is 13.3. The van der Waals surface area contributed by atoms with Crippen LogP contribution in [0, 0.1) is 5.82 Å². The van der Waals surface area contributed by atoms with Crippen LogP contribution in [0.4, 0.5) is 10.1 Å². The third-order valence-electron chi connectivity index (χ3n) is 3.62. The summed E-state index contributed by atoms with van der Waals surface area (Å²) in [6.45, 7) is 1.95. The molecule has 1 aliphatic carbocycles. The highest BCUT2D eigenvalue weighted by molar-refractivity contribution is 7.89. The zero-order valence-electron chi connectivity index (χ0n) is 10.2. The van der Waals surface area contributed by atoms with Crippen LogP contribution >= 0.6 is 0 Å². The predicted octanol–water partition coefficient (Wildman–Crippen LogP) is 2.02. The monoisotopic (exact) mass is 272 g/mol. The first kappa shape index (κ1) is 13.3. The number of anilines is 1. The second kappa shape index (κ2) is 4.51. The molecule has 0 radical (unpaired) electrons. The van der Waals surface area contributed by atoms with E-state index in [2.05, 4.69) is 4.72 Å². The first-order valence-electron chi connectivity index (χ1n) is 5.98. The van der Waals surface area contributed by atoms with Crippen LogP contribution in [0.5, 0.6) is 0 Å². The van der Waals surface area contributed by atoms with Crippen molar-refractivity contribution in [2.24, 2.45) is 0 Å². The summed E-state index contributed by atoms with van der Waals surface area (Å²) in [5.41, 5.74) is 4.93. The fraction of sp³-hybridized carbons (Fsp3) is 0.500. The summed E-state index contributed by atoms with van der Waals surface area (Å²) in [4.78, 5) is -0.0751. The first-order chi connectivity index (χ1) is 8.38. The first-order valence-corrected chi connectivity index (χ1v) is 7.46. The molecular formula is C12H17FN2O2S. The topological polar surface area (TPSA) is 72.2 Å². The van der Waals surface area contributed by atoms with E-state index in [0.717, 1.165) is 31.7 Å². The summed E-state index contributed by atoms with van der Waals surface area (Å²) in [5, 5.41) is 0. The molecule has 3 N–H and O–H groups in total. The van der Waals surface area contributed by atoms with Gasteiger partial charge in [-0.25, -0.2) is 17.5 Å². The van der Waals surface area contributed by atoms with Gasteiger partial charge in [0.1, 0.15) is 5.82 Å². The molecule has 1 saturated carbocycles. The van der Waals surface area contributed by atoms with Crippen LogP contribution in [-0.2, 0) is 10.0 Å². The van der Waals surface area contributed by atoms with Gasteiger partial charge in [-0.2, -0.15) is 0 Å². The summed E-state index contributed by atoms with van der Waals surface area (Å²) in [5.74, 6) is -0.711. The smallest absolute Gasteiger partial charge is 0.241 e. The minimum Gasteiger partial charge on any atom is -0.396 e. The van der Waals surface area contributed by atoms with E-state index in [9.17, 15) is 12.8 Å². The number of hydrogen-bond acceptors (Lipinski definition) is 3. The molecule has 0 saturated heterocycles. The van der Waals surface area contributed by atoms with Crippen LogP contribution in [0.2, 0.25) is 0 Å². The maximum Gasteiger partial charge on any atom is 0.241 e. The molecule has 18 heavy (non-hydrogen) atoms. The minimum absolute atomic E-state index is 0.0530. The van der Waals surface area contributed by atoms with Gasteiger partial charge in [-0.15, -0.1) is 0 Å². The zero-order chi connectivity index (χ0) is 13.4. The fourth-order valence-electron chi connectivity index (χ4n) is 2.15. The van der Waals surface area contributed by atoms with Crippen molar-refractivity contribution in [3.63, 3.8) is 0 Å². The number of nitrogens with two attached hydrogens (primary N) is 1. The molecule has 1 aromatic carbocycles. The van der Waals surface area contributed by atoms with Crippen molar-refractivity contribution < 1.29 is 12.8 Å². The molecule has 0 spiro atoms. The molecule has 1 aromatic rings. The Morgan fingerprint density at radius 2 is 2.11 bits per heavy atom. The second-order valence-electron chi connectivity index (χ2n) is 4.78. The van der Waals surface area contributed by atoms with Crippen molar-refractivity contribution in [2.45, 2.75) is 43.0 Å². The van der Waals surface area contributed by atoms with Gasteiger partial charge in [0.15, 0.2) is 0 Å². The highest BCUT2D eigenvalue weighted by atomic mass is 32.2. The van der Waals surface area contributed by atoms with Gasteiger partial charge in [0.2, 0.25) is 10.0 Å². The Morgan fingerprint density at radius 1 is 1.44 bits per heavy atom. The van der Waals surface area contributed by atoms with Crippen LogP contribution in [0.25, 0.3) is 0 Å². The number of nitrogen functional groups attached to an aromatic ring is 1. The van der Waals surface area contributed by atoms with Gasteiger partial charge >= 0.3 is 0 Å². The molecule has 0 heterocycles. The van der Waals surface area contributed by atoms with Crippen LogP contribution in [0.1, 0.15) is 32.6 Å². The van der Waals surface area contributed by atoms with Gasteiger partial charge in [-0.1, -0.05) is 6.92 Å². The maximum atomic E-state index is 13.3. The largest absolute Gasteiger partial charge is 0.396 e. The van der Waals surface area contributed by atoms with E-state index in [1.165, 1.54) is 12.1 Å². The van der Waals surface area contributed by atoms with Crippen LogP contribution in [0.15, 0.2) is 23.1 Å². The lowest BCUT2D eigenvalue weighted by Gasteiger charge is -2.41. The lowest BCUT2D eigenvalue weighted by molar-refractivity contribution is 0.214. The van der Waals surface area contributed by atoms with Crippen LogP contribution < -0.4 is 10.5 Å². The van der Waals surface area contributed by atoms with Gasteiger partial charge in [-0.05, 0) is 43.9 Å². The molecule has 2 rings (SSSR count). The Morgan fingerprint density at radius 3 is 2.56 bits per heavy atom. The summed E-state index contributed by atoms with van der Waals surface area (Å²) in [6.07, 6.45) is 3.43. The number of halogens is 1. The molecule has 0 atom stereocenters. The second-order valence-corrected chi connectivity index (χ2v) is 6.46. The van der Waals surface area contributed by atoms with Gasteiger partial charge in [0.25, 0.3) is 0 Å². The fourth-order valence-corrected chi connectivity index (χ4v) is 3.69. The Balaban J connectivity index is 2.28. The third kappa shape index (κ3) is 2.35.